The van der Waals surface area contributed by atoms with Crippen LogP contribution >= 0.6 is 11.3 Å². The van der Waals surface area contributed by atoms with E-state index >= 15 is 0 Å². The molecule has 0 unspecified atom stereocenters. The lowest BCUT2D eigenvalue weighted by atomic mass is 9.88. The molecule has 0 bridgehead atoms. The summed E-state index contributed by atoms with van der Waals surface area (Å²) in [5.41, 5.74) is 1.02. The molecule has 1 heterocycles. The van der Waals surface area contributed by atoms with E-state index in [1.54, 1.807) is 0 Å². The summed E-state index contributed by atoms with van der Waals surface area (Å²) in [7, 11) is 0. The van der Waals surface area contributed by atoms with Gasteiger partial charge in [0.1, 0.15) is 0 Å². The number of nitrogens with one attached hydrogen (secondary N) is 1. The number of amides is 1. The summed E-state index contributed by atoms with van der Waals surface area (Å²) in [4.78, 5) is 24.8. The smallest absolute Gasteiger partial charge is 0.223 e. The first kappa shape index (κ1) is 11.9. The maximum absolute atomic E-state index is 12.2. The van der Waals surface area contributed by atoms with Gasteiger partial charge < -0.3 is 5.32 Å². The first-order chi connectivity index (χ1) is 8.75. The lowest BCUT2D eigenvalue weighted by Gasteiger charge is -2.22. The van der Waals surface area contributed by atoms with E-state index < -0.39 is 0 Å². The SMILES string of the molecule is O=C1C[C@@H](NC(=O)C2CCCCC2)c2ccsc21. The summed E-state index contributed by atoms with van der Waals surface area (Å²) in [5, 5.41) is 5.00. The molecule has 0 spiro atoms. The van der Waals surface area contributed by atoms with E-state index in [1.165, 1.54) is 17.8 Å². The van der Waals surface area contributed by atoms with Gasteiger partial charge in [0, 0.05) is 12.3 Å². The molecule has 1 N–H and O–H groups in total. The third-order valence-electron chi connectivity index (χ3n) is 4.01. The van der Waals surface area contributed by atoms with Crippen molar-refractivity contribution in [1.82, 2.24) is 5.32 Å². The Hall–Kier alpha value is -1.16. The molecule has 1 amide bonds. The van der Waals surface area contributed by atoms with Crippen LogP contribution in [0.25, 0.3) is 0 Å². The molecule has 0 aliphatic heterocycles. The van der Waals surface area contributed by atoms with Crippen LogP contribution in [-0.2, 0) is 4.79 Å². The monoisotopic (exact) mass is 263 g/mol. The Morgan fingerprint density at radius 2 is 2.06 bits per heavy atom. The Morgan fingerprint density at radius 3 is 2.83 bits per heavy atom. The molecule has 1 atom stereocenters. The zero-order chi connectivity index (χ0) is 12.5. The van der Waals surface area contributed by atoms with Gasteiger partial charge in [-0.25, -0.2) is 0 Å². The van der Waals surface area contributed by atoms with Crippen LogP contribution in [-0.4, -0.2) is 11.7 Å². The highest BCUT2D eigenvalue weighted by molar-refractivity contribution is 7.12. The number of ketones is 1. The summed E-state index contributed by atoms with van der Waals surface area (Å²) in [6.07, 6.45) is 6.02. The number of rotatable bonds is 2. The third kappa shape index (κ3) is 2.09. The molecular weight excluding hydrogens is 246 g/mol. The lowest BCUT2D eigenvalue weighted by molar-refractivity contribution is -0.126. The van der Waals surface area contributed by atoms with Crippen molar-refractivity contribution in [2.75, 3.05) is 0 Å². The first-order valence-electron chi connectivity index (χ1n) is 6.66. The minimum Gasteiger partial charge on any atom is -0.349 e. The number of thiophene rings is 1. The topological polar surface area (TPSA) is 46.2 Å². The maximum atomic E-state index is 12.2. The summed E-state index contributed by atoms with van der Waals surface area (Å²) in [5.74, 6) is 0.483. The molecule has 1 fully saturated rings. The van der Waals surface area contributed by atoms with Crippen LogP contribution in [0.3, 0.4) is 0 Å². The van der Waals surface area contributed by atoms with Crippen molar-refractivity contribution in [2.24, 2.45) is 5.92 Å². The van der Waals surface area contributed by atoms with Crippen LogP contribution in [0, 0.1) is 5.92 Å². The van der Waals surface area contributed by atoms with Gasteiger partial charge in [-0.2, -0.15) is 0 Å². The largest absolute Gasteiger partial charge is 0.349 e. The van der Waals surface area contributed by atoms with Crippen molar-refractivity contribution in [3.63, 3.8) is 0 Å². The molecule has 1 saturated carbocycles. The quantitative estimate of drug-likeness (QED) is 0.891. The molecule has 1 aromatic heterocycles. The fraction of sp³-hybridized carbons (Fsp3) is 0.571. The molecule has 2 aliphatic rings. The Kier molecular flexibility index (Phi) is 3.20. The molecule has 96 valence electrons. The van der Waals surface area contributed by atoms with Gasteiger partial charge in [0.25, 0.3) is 0 Å². The molecule has 3 nitrogen and oxygen atoms in total. The van der Waals surface area contributed by atoms with E-state index in [-0.39, 0.29) is 23.7 Å². The van der Waals surface area contributed by atoms with E-state index in [1.807, 2.05) is 11.4 Å². The molecule has 1 aromatic rings. The minimum atomic E-state index is -0.0758. The molecule has 3 rings (SSSR count). The van der Waals surface area contributed by atoms with Gasteiger partial charge in [-0.15, -0.1) is 11.3 Å². The van der Waals surface area contributed by atoms with Crippen LogP contribution in [0.4, 0.5) is 0 Å². The van der Waals surface area contributed by atoms with Crippen molar-refractivity contribution in [1.29, 1.82) is 0 Å². The van der Waals surface area contributed by atoms with Gasteiger partial charge in [-0.1, -0.05) is 19.3 Å². The fourth-order valence-electron chi connectivity index (χ4n) is 2.99. The minimum absolute atomic E-state index is 0.0758. The molecule has 4 heteroatoms. The second-order valence-electron chi connectivity index (χ2n) is 5.23. The maximum Gasteiger partial charge on any atom is 0.223 e. The van der Waals surface area contributed by atoms with E-state index in [0.717, 1.165) is 36.1 Å². The van der Waals surface area contributed by atoms with Gasteiger partial charge in [-0.3, -0.25) is 9.59 Å². The van der Waals surface area contributed by atoms with Gasteiger partial charge >= 0.3 is 0 Å². The Morgan fingerprint density at radius 1 is 1.28 bits per heavy atom. The standard InChI is InChI=1S/C14H17NO2S/c16-12-8-11(10-6-7-18-13(10)12)15-14(17)9-4-2-1-3-5-9/h6-7,9,11H,1-5,8H2,(H,15,17)/t11-/m1/s1. The van der Waals surface area contributed by atoms with Gasteiger partial charge in [-0.05, 0) is 29.9 Å². The Bertz CT molecular complexity index is 474. The average Bonchev–Trinajstić information content (AvgIpc) is 2.97. The van der Waals surface area contributed by atoms with Crippen LogP contribution in [0.1, 0.15) is 59.8 Å². The van der Waals surface area contributed by atoms with Crippen molar-refractivity contribution in [3.05, 3.63) is 21.9 Å². The van der Waals surface area contributed by atoms with Gasteiger partial charge in [0.05, 0.1) is 10.9 Å². The second-order valence-corrected chi connectivity index (χ2v) is 6.14. The van der Waals surface area contributed by atoms with Crippen molar-refractivity contribution < 1.29 is 9.59 Å². The number of hydrogen-bond donors (Lipinski definition) is 1. The lowest BCUT2D eigenvalue weighted by Crippen LogP contribution is -2.34. The van der Waals surface area contributed by atoms with Gasteiger partial charge in [0.15, 0.2) is 5.78 Å². The van der Waals surface area contributed by atoms with E-state index in [9.17, 15) is 9.59 Å². The number of hydrogen-bond acceptors (Lipinski definition) is 3. The fourth-order valence-corrected chi connectivity index (χ4v) is 3.90. The van der Waals surface area contributed by atoms with Crippen molar-refractivity contribution in [3.8, 4) is 0 Å². The highest BCUT2D eigenvalue weighted by atomic mass is 32.1. The average molecular weight is 263 g/mol. The zero-order valence-electron chi connectivity index (χ0n) is 10.3. The van der Waals surface area contributed by atoms with Crippen LogP contribution in [0.15, 0.2) is 11.4 Å². The van der Waals surface area contributed by atoms with E-state index in [4.69, 9.17) is 0 Å². The normalized spacial score (nSPS) is 24.0. The zero-order valence-corrected chi connectivity index (χ0v) is 11.1. The highest BCUT2D eigenvalue weighted by Gasteiger charge is 2.33. The number of carbonyl (C=O) groups is 2. The second kappa shape index (κ2) is 4.84. The van der Waals surface area contributed by atoms with Crippen LogP contribution < -0.4 is 5.32 Å². The van der Waals surface area contributed by atoms with E-state index in [0.29, 0.717) is 6.42 Å². The number of Topliss-reactive ketones (excluding diaryl/α,β-unsaturated/α-hetero) is 1. The summed E-state index contributed by atoms with van der Waals surface area (Å²) in [6.45, 7) is 0. The van der Waals surface area contributed by atoms with Crippen molar-refractivity contribution in [2.45, 2.75) is 44.6 Å². The van der Waals surface area contributed by atoms with Crippen molar-refractivity contribution >= 4 is 23.0 Å². The van der Waals surface area contributed by atoms with E-state index in [2.05, 4.69) is 5.32 Å². The predicted octanol–water partition coefficient (Wildman–Crippen LogP) is 3.07. The highest BCUT2D eigenvalue weighted by Crippen LogP contribution is 2.35. The summed E-state index contributed by atoms with van der Waals surface area (Å²) < 4.78 is 0. The molecule has 0 aromatic carbocycles. The third-order valence-corrected chi connectivity index (χ3v) is 4.98. The molecule has 2 aliphatic carbocycles. The summed E-state index contributed by atoms with van der Waals surface area (Å²) in [6, 6.07) is 1.89. The first-order valence-corrected chi connectivity index (χ1v) is 7.54. The number of carbonyl (C=O) groups excluding carboxylic acids is 2. The summed E-state index contributed by atoms with van der Waals surface area (Å²) >= 11 is 1.49. The Balaban J connectivity index is 1.67. The molecule has 0 radical (unpaired) electrons. The van der Waals surface area contributed by atoms with Crippen LogP contribution in [0.2, 0.25) is 0 Å². The molecule has 18 heavy (non-hydrogen) atoms. The molecular formula is C14H17NO2S. The number of fused-ring (bicyclic) bond motifs is 1. The molecule has 0 saturated heterocycles. The Labute approximate surface area is 111 Å². The van der Waals surface area contributed by atoms with Crippen LogP contribution in [0.5, 0.6) is 0 Å². The predicted molar refractivity (Wildman–Crippen MR) is 70.7 cm³/mol. The van der Waals surface area contributed by atoms with Gasteiger partial charge in [0.2, 0.25) is 5.91 Å².